The highest BCUT2D eigenvalue weighted by atomic mass is 16.6. The summed E-state index contributed by atoms with van der Waals surface area (Å²) < 4.78 is 10.9. The lowest BCUT2D eigenvalue weighted by atomic mass is 10.2. The van der Waals surface area contributed by atoms with Gasteiger partial charge in [-0.1, -0.05) is 0 Å². The minimum Gasteiger partial charge on any atom is -0.376 e. The number of ether oxygens (including phenoxy) is 2. The number of nitrogens with zero attached hydrogens (tertiary/aromatic N) is 2. The van der Waals surface area contributed by atoms with Gasteiger partial charge in [0, 0.05) is 11.3 Å². The summed E-state index contributed by atoms with van der Waals surface area (Å²) in [5.41, 5.74) is 4.41. The first kappa shape index (κ1) is 11.3. The maximum Gasteiger partial charge on any atom is 0.162 e. The number of nitrogens with two attached hydrogens (primary N) is 1. The van der Waals surface area contributed by atoms with E-state index in [4.69, 9.17) is 15.3 Å². The first-order chi connectivity index (χ1) is 7.72. The van der Waals surface area contributed by atoms with E-state index >= 15 is 0 Å². The zero-order valence-corrected chi connectivity index (χ0v) is 9.49. The van der Waals surface area contributed by atoms with E-state index in [0.29, 0.717) is 31.5 Å². The van der Waals surface area contributed by atoms with Gasteiger partial charge in [-0.05, 0) is 13.8 Å². The Morgan fingerprint density at radius 3 is 2.75 bits per heavy atom. The lowest BCUT2D eigenvalue weighted by Gasteiger charge is -2.22. The van der Waals surface area contributed by atoms with Crippen LogP contribution in [0.25, 0.3) is 0 Å². The Bertz CT molecular complexity index is 377. The number of hydrogen-bond donors (Lipinski definition) is 2. The van der Waals surface area contributed by atoms with Gasteiger partial charge in [-0.3, -0.25) is 0 Å². The molecule has 0 aliphatic carbocycles. The Kier molecular flexibility index (Phi) is 3.33. The van der Waals surface area contributed by atoms with Crippen molar-refractivity contribution in [3.63, 3.8) is 0 Å². The van der Waals surface area contributed by atoms with Crippen molar-refractivity contribution in [3.05, 3.63) is 17.1 Å². The molecule has 0 aromatic carbocycles. The summed E-state index contributed by atoms with van der Waals surface area (Å²) >= 11 is 0. The van der Waals surface area contributed by atoms with Gasteiger partial charge in [0.15, 0.2) is 5.82 Å². The molecular weight excluding hydrogens is 208 g/mol. The summed E-state index contributed by atoms with van der Waals surface area (Å²) in [4.78, 5) is 8.72. The first-order valence-corrected chi connectivity index (χ1v) is 5.23. The summed E-state index contributed by atoms with van der Waals surface area (Å²) in [6.45, 7) is 5.54. The summed E-state index contributed by atoms with van der Waals surface area (Å²) in [5, 5.41) is 0. The fourth-order valence-electron chi connectivity index (χ4n) is 1.57. The second-order valence-corrected chi connectivity index (χ2v) is 3.72. The Morgan fingerprint density at radius 2 is 2.12 bits per heavy atom. The summed E-state index contributed by atoms with van der Waals surface area (Å²) in [5.74, 6) is 6.66. The van der Waals surface area contributed by atoms with Gasteiger partial charge in [0.1, 0.15) is 11.9 Å². The smallest absolute Gasteiger partial charge is 0.162 e. The third kappa shape index (κ3) is 2.13. The molecule has 0 spiro atoms. The van der Waals surface area contributed by atoms with E-state index in [1.165, 1.54) is 0 Å². The molecule has 0 bridgehead atoms. The van der Waals surface area contributed by atoms with Crippen LogP contribution in [0.3, 0.4) is 0 Å². The van der Waals surface area contributed by atoms with E-state index in [0.717, 1.165) is 11.3 Å². The van der Waals surface area contributed by atoms with Crippen LogP contribution in [0.4, 0.5) is 5.82 Å². The van der Waals surface area contributed by atoms with Crippen molar-refractivity contribution in [3.8, 4) is 0 Å². The zero-order valence-electron chi connectivity index (χ0n) is 9.49. The van der Waals surface area contributed by atoms with Crippen LogP contribution in [0.5, 0.6) is 0 Å². The number of anilines is 1. The van der Waals surface area contributed by atoms with Crippen LogP contribution in [0, 0.1) is 13.8 Å². The predicted octanol–water partition coefficient (Wildman–Crippen LogP) is 0.467. The average molecular weight is 224 g/mol. The number of nitrogens with one attached hydrogen (secondary N) is 1. The van der Waals surface area contributed by atoms with Crippen LogP contribution < -0.4 is 11.3 Å². The van der Waals surface area contributed by atoms with Crippen LogP contribution in [0.1, 0.15) is 23.2 Å². The summed E-state index contributed by atoms with van der Waals surface area (Å²) in [7, 11) is 0. The van der Waals surface area contributed by atoms with Crippen LogP contribution in [-0.2, 0) is 9.47 Å². The lowest BCUT2D eigenvalue weighted by Crippen LogP contribution is -2.25. The molecule has 1 atom stereocenters. The minimum absolute atomic E-state index is 0.194. The van der Waals surface area contributed by atoms with Gasteiger partial charge in [0.05, 0.1) is 19.8 Å². The second kappa shape index (κ2) is 4.73. The molecule has 0 radical (unpaired) electrons. The molecule has 1 aliphatic heterocycles. The molecule has 6 nitrogen and oxygen atoms in total. The highest BCUT2D eigenvalue weighted by molar-refractivity contribution is 5.44. The molecule has 0 saturated carbocycles. The number of aryl methyl sites for hydroxylation is 1. The van der Waals surface area contributed by atoms with Crippen molar-refractivity contribution < 1.29 is 9.47 Å². The molecule has 1 unspecified atom stereocenters. The van der Waals surface area contributed by atoms with Gasteiger partial charge in [0.2, 0.25) is 0 Å². The monoisotopic (exact) mass is 224 g/mol. The van der Waals surface area contributed by atoms with Gasteiger partial charge in [0.25, 0.3) is 0 Å². The van der Waals surface area contributed by atoms with E-state index in [9.17, 15) is 0 Å². The maximum atomic E-state index is 5.54. The fourth-order valence-corrected chi connectivity index (χ4v) is 1.57. The molecule has 1 fully saturated rings. The van der Waals surface area contributed by atoms with E-state index in [2.05, 4.69) is 15.4 Å². The highest BCUT2D eigenvalue weighted by Gasteiger charge is 2.21. The number of hydrogen-bond acceptors (Lipinski definition) is 6. The molecule has 1 aromatic heterocycles. The van der Waals surface area contributed by atoms with Gasteiger partial charge in [-0.2, -0.15) is 0 Å². The molecule has 0 amide bonds. The molecule has 88 valence electrons. The first-order valence-electron chi connectivity index (χ1n) is 5.23. The molecule has 1 saturated heterocycles. The van der Waals surface area contributed by atoms with E-state index < -0.39 is 0 Å². The molecule has 1 aliphatic rings. The van der Waals surface area contributed by atoms with Crippen molar-refractivity contribution in [2.75, 3.05) is 25.2 Å². The Morgan fingerprint density at radius 1 is 1.31 bits per heavy atom. The molecule has 2 rings (SSSR count). The van der Waals surface area contributed by atoms with Gasteiger partial charge < -0.3 is 14.9 Å². The van der Waals surface area contributed by atoms with Crippen molar-refractivity contribution in [1.29, 1.82) is 0 Å². The molecule has 2 heterocycles. The van der Waals surface area contributed by atoms with Gasteiger partial charge >= 0.3 is 0 Å². The normalized spacial score (nSPS) is 20.8. The lowest BCUT2D eigenvalue weighted by molar-refractivity contribution is -0.0935. The van der Waals surface area contributed by atoms with Gasteiger partial charge in [-0.15, -0.1) is 0 Å². The van der Waals surface area contributed by atoms with Crippen molar-refractivity contribution >= 4 is 5.82 Å². The topological polar surface area (TPSA) is 82.3 Å². The largest absolute Gasteiger partial charge is 0.376 e. The predicted molar refractivity (Wildman–Crippen MR) is 58.8 cm³/mol. The standard InChI is InChI=1S/C10H16N4O2/c1-6-7(2)12-10(13-9(6)14-11)8-5-15-3-4-16-8/h8H,3-5,11H2,1-2H3,(H,12,13,14). The fraction of sp³-hybridized carbons (Fsp3) is 0.600. The zero-order chi connectivity index (χ0) is 11.5. The summed E-state index contributed by atoms with van der Waals surface area (Å²) in [6.07, 6.45) is -0.194. The SMILES string of the molecule is Cc1nc(C2COCCO2)nc(NN)c1C. The number of rotatable bonds is 2. The molecule has 6 heteroatoms. The van der Waals surface area contributed by atoms with Crippen LogP contribution in [0.2, 0.25) is 0 Å². The van der Waals surface area contributed by atoms with Gasteiger partial charge in [-0.25, -0.2) is 15.8 Å². The van der Waals surface area contributed by atoms with Crippen molar-refractivity contribution in [2.45, 2.75) is 20.0 Å². The van der Waals surface area contributed by atoms with Crippen LogP contribution >= 0.6 is 0 Å². The van der Waals surface area contributed by atoms with E-state index in [1.54, 1.807) is 0 Å². The second-order valence-electron chi connectivity index (χ2n) is 3.72. The highest BCUT2D eigenvalue weighted by Crippen LogP contribution is 2.21. The third-order valence-corrected chi connectivity index (χ3v) is 2.65. The van der Waals surface area contributed by atoms with E-state index in [1.807, 2.05) is 13.8 Å². The molecular formula is C10H16N4O2. The minimum atomic E-state index is -0.194. The number of nitrogen functional groups attached to an aromatic ring is 1. The molecule has 16 heavy (non-hydrogen) atoms. The Labute approximate surface area is 94.1 Å². The Hall–Kier alpha value is -1.24. The van der Waals surface area contributed by atoms with Crippen molar-refractivity contribution in [2.24, 2.45) is 5.84 Å². The average Bonchev–Trinajstić information content (AvgIpc) is 2.33. The Balaban J connectivity index is 2.29. The quantitative estimate of drug-likeness (QED) is 0.561. The van der Waals surface area contributed by atoms with E-state index in [-0.39, 0.29) is 6.10 Å². The molecule has 1 aromatic rings. The molecule has 3 N–H and O–H groups in total. The number of aromatic nitrogens is 2. The van der Waals surface area contributed by atoms with Crippen LogP contribution in [0.15, 0.2) is 0 Å². The van der Waals surface area contributed by atoms with Crippen LogP contribution in [-0.4, -0.2) is 29.8 Å². The van der Waals surface area contributed by atoms with Crippen molar-refractivity contribution in [1.82, 2.24) is 9.97 Å². The third-order valence-electron chi connectivity index (χ3n) is 2.65. The number of hydrazine groups is 1. The maximum absolute atomic E-state index is 5.54. The summed E-state index contributed by atoms with van der Waals surface area (Å²) in [6, 6.07) is 0.